The molecule has 0 saturated carbocycles. The van der Waals surface area contributed by atoms with Crippen LogP contribution in [-0.4, -0.2) is 16.2 Å². The highest BCUT2D eigenvalue weighted by Gasteiger charge is 2.00. The highest BCUT2D eigenvalue weighted by Crippen LogP contribution is 2.29. The van der Waals surface area contributed by atoms with E-state index in [1.54, 1.807) is 12.1 Å². The molecule has 0 saturated heterocycles. The third kappa shape index (κ3) is 3.14. The van der Waals surface area contributed by atoms with Crippen LogP contribution in [0.2, 0.25) is 5.02 Å². The number of hydrogen-bond acceptors (Lipinski definition) is 2. The minimum Gasteiger partial charge on any atom is -0.507 e. The number of aliphatic carboxylic acids is 1. The van der Waals surface area contributed by atoms with Gasteiger partial charge in [0, 0.05) is 22.7 Å². The number of phenols is 1. The average molecular weight is 239 g/mol. The topological polar surface area (TPSA) is 57.5 Å². The van der Waals surface area contributed by atoms with Gasteiger partial charge in [0.2, 0.25) is 0 Å². The lowest BCUT2D eigenvalue weighted by atomic mass is 10.1. The van der Waals surface area contributed by atoms with Gasteiger partial charge in [-0.05, 0) is 12.1 Å². The Labute approximate surface area is 97.9 Å². The Morgan fingerprint density at radius 3 is 2.12 bits per heavy atom. The van der Waals surface area contributed by atoms with Crippen LogP contribution in [0.15, 0.2) is 36.4 Å². The summed E-state index contributed by atoms with van der Waals surface area (Å²) in [5, 5.41) is 19.2. The summed E-state index contributed by atoms with van der Waals surface area (Å²) in [5.74, 6) is -0.560. The third-order valence-electron chi connectivity index (χ3n) is 1.85. The Balaban J connectivity index is 0.000000280. The van der Waals surface area contributed by atoms with E-state index in [9.17, 15) is 5.11 Å². The molecule has 0 aliphatic rings. The number of fused-ring (bicyclic) bond motifs is 1. The van der Waals surface area contributed by atoms with Crippen LogP contribution >= 0.6 is 11.6 Å². The molecule has 2 aromatic rings. The highest BCUT2D eigenvalue weighted by atomic mass is 35.5. The van der Waals surface area contributed by atoms with Gasteiger partial charge in [-0.1, -0.05) is 35.9 Å². The van der Waals surface area contributed by atoms with E-state index in [-0.39, 0.29) is 5.75 Å². The van der Waals surface area contributed by atoms with E-state index in [0.717, 1.165) is 17.7 Å². The first-order valence-electron chi connectivity index (χ1n) is 4.58. The fourth-order valence-electron chi connectivity index (χ4n) is 1.25. The van der Waals surface area contributed by atoms with Gasteiger partial charge in [0.1, 0.15) is 5.75 Å². The SMILES string of the molecule is CC(=O)O.Oc1ccc(Cl)c2ccccc12. The molecule has 16 heavy (non-hydrogen) atoms. The Bertz CT molecular complexity index is 464. The Morgan fingerprint density at radius 1 is 1.12 bits per heavy atom. The zero-order valence-corrected chi connectivity index (χ0v) is 9.40. The van der Waals surface area contributed by atoms with E-state index in [4.69, 9.17) is 21.5 Å². The zero-order valence-electron chi connectivity index (χ0n) is 8.64. The van der Waals surface area contributed by atoms with E-state index < -0.39 is 5.97 Å². The molecule has 0 fully saturated rings. The number of benzene rings is 2. The van der Waals surface area contributed by atoms with E-state index in [2.05, 4.69) is 0 Å². The second-order valence-corrected chi connectivity index (χ2v) is 3.54. The van der Waals surface area contributed by atoms with E-state index in [1.165, 1.54) is 0 Å². The van der Waals surface area contributed by atoms with E-state index in [1.807, 2.05) is 24.3 Å². The number of phenolic OH excluding ortho intramolecular Hbond substituents is 1. The fourth-order valence-corrected chi connectivity index (χ4v) is 1.47. The van der Waals surface area contributed by atoms with Crippen LogP contribution in [0.3, 0.4) is 0 Å². The number of carboxylic acid groups (broad SMARTS) is 1. The number of rotatable bonds is 0. The zero-order chi connectivity index (χ0) is 12.1. The number of carboxylic acids is 1. The summed E-state index contributed by atoms with van der Waals surface area (Å²) in [6.07, 6.45) is 0. The van der Waals surface area contributed by atoms with E-state index in [0.29, 0.717) is 5.02 Å². The number of hydrogen-bond donors (Lipinski definition) is 2. The monoisotopic (exact) mass is 238 g/mol. The van der Waals surface area contributed by atoms with Crippen molar-refractivity contribution in [3.63, 3.8) is 0 Å². The minimum absolute atomic E-state index is 0.273. The number of halogens is 1. The molecule has 2 N–H and O–H groups in total. The van der Waals surface area contributed by atoms with Gasteiger partial charge >= 0.3 is 0 Å². The molecule has 0 heterocycles. The molecule has 0 atom stereocenters. The van der Waals surface area contributed by atoms with Gasteiger partial charge in [0.15, 0.2) is 0 Å². The maximum Gasteiger partial charge on any atom is 0.300 e. The smallest absolute Gasteiger partial charge is 0.300 e. The first-order chi connectivity index (χ1) is 7.52. The second kappa shape index (κ2) is 5.37. The normalized spacial score (nSPS) is 9.38. The lowest BCUT2D eigenvalue weighted by Crippen LogP contribution is -1.78. The molecular formula is C12H11ClO3. The fraction of sp³-hybridized carbons (Fsp3) is 0.0833. The molecule has 0 aliphatic carbocycles. The summed E-state index contributed by atoms with van der Waals surface area (Å²) in [7, 11) is 0. The molecule has 0 spiro atoms. The van der Waals surface area contributed by atoms with Crippen LogP contribution in [0, 0.1) is 0 Å². The van der Waals surface area contributed by atoms with Crippen molar-refractivity contribution in [2.24, 2.45) is 0 Å². The summed E-state index contributed by atoms with van der Waals surface area (Å²) < 4.78 is 0. The van der Waals surface area contributed by atoms with Crippen LogP contribution in [0.4, 0.5) is 0 Å². The third-order valence-corrected chi connectivity index (χ3v) is 2.18. The van der Waals surface area contributed by atoms with Gasteiger partial charge in [-0.2, -0.15) is 0 Å². The molecule has 0 amide bonds. The van der Waals surface area contributed by atoms with Crippen LogP contribution < -0.4 is 0 Å². The lowest BCUT2D eigenvalue weighted by Gasteiger charge is -2.01. The maximum absolute atomic E-state index is 9.44. The van der Waals surface area contributed by atoms with Gasteiger partial charge in [-0.15, -0.1) is 0 Å². The van der Waals surface area contributed by atoms with Crippen molar-refractivity contribution in [1.82, 2.24) is 0 Å². The molecule has 84 valence electrons. The average Bonchev–Trinajstić information content (AvgIpc) is 2.23. The minimum atomic E-state index is -0.833. The molecule has 4 heteroatoms. The second-order valence-electron chi connectivity index (χ2n) is 3.13. The molecular weight excluding hydrogens is 228 g/mol. The van der Waals surface area contributed by atoms with Gasteiger partial charge < -0.3 is 10.2 Å². The van der Waals surface area contributed by atoms with E-state index >= 15 is 0 Å². The first kappa shape index (κ1) is 12.3. The van der Waals surface area contributed by atoms with Gasteiger partial charge in [0.05, 0.1) is 0 Å². The summed E-state index contributed by atoms with van der Waals surface area (Å²) in [5.41, 5.74) is 0. The Hall–Kier alpha value is -1.74. The summed E-state index contributed by atoms with van der Waals surface area (Å²) in [6.45, 7) is 1.08. The van der Waals surface area contributed by atoms with Gasteiger partial charge in [-0.3, -0.25) is 4.79 Å². The summed E-state index contributed by atoms with van der Waals surface area (Å²) in [6, 6.07) is 10.8. The van der Waals surface area contributed by atoms with Crippen molar-refractivity contribution >= 4 is 28.3 Å². The molecule has 0 aliphatic heterocycles. The van der Waals surface area contributed by atoms with Crippen LogP contribution in [0.1, 0.15) is 6.92 Å². The molecule has 0 unspecified atom stereocenters. The predicted octanol–water partition coefficient (Wildman–Crippen LogP) is 3.29. The van der Waals surface area contributed by atoms with Crippen LogP contribution in [0.5, 0.6) is 5.75 Å². The van der Waals surface area contributed by atoms with Crippen molar-refractivity contribution in [2.75, 3.05) is 0 Å². The molecule has 2 rings (SSSR count). The lowest BCUT2D eigenvalue weighted by molar-refractivity contribution is -0.134. The molecule has 0 aromatic heterocycles. The molecule has 2 aromatic carbocycles. The van der Waals surface area contributed by atoms with Crippen LogP contribution in [0.25, 0.3) is 10.8 Å². The standard InChI is InChI=1S/C10H7ClO.C2H4O2/c11-9-5-6-10(12)8-4-2-1-3-7(8)9;1-2(3)4/h1-6,12H;1H3,(H,3,4). The molecule has 0 bridgehead atoms. The first-order valence-corrected chi connectivity index (χ1v) is 4.96. The number of carbonyl (C=O) groups is 1. The summed E-state index contributed by atoms with van der Waals surface area (Å²) >= 11 is 5.92. The maximum atomic E-state index is 9.44. The Kier molecular flexibility index (Phi) is 4.14. The molecule has 0 radical (unpaired) electrons. The Morgan fingerprint density at radius 2 is 1.62 bits per heavy atom. The van der Waals surface area contributed by atoms with Gasteiger partial charge in [0.25, 0.3) is 5.97 Å². The number of aromatic hydroxyl groups is 1. The summed E-state index contributed by atoms with van der Waals surface area (Å²) in [4.78, 5) is 9.00. The quantitative estimate of drug-likeness (QED) is 0.741. The van der Waals surface area contributed by atoms with Crippen molar-refractivity contribution in [3.8, 4) is 5.75 Å². The highest BCUT2D eigenvalue weighted by molar-refractivity contribution is 6.35. The van der Waals surface area contributed by atoms with Crippen molar-refractivity contribution < 1.29 is 15.0 Å². The van der Waals surface area contributed by atoms with Crippen molar-refractivity contribution in [1.29, 1.82) is 0 Å². The van der Waals surface area contributed by atoms with Gasteiger partial charge in [-0.25, -0.2) is 0 Å². The van der Waals surface area contributed by atoms with Crippen molar-refractivity contribution in [2.45, 2.75) is 6.92 Å². The largest absolute Gasteiger partial charge is 0.507 e. The van der Waals surface area contributed by atoms with Crippen molar-refractivity contribution in [3.05, 3.63) is 41.4 Å². The predicted molar refractivity (Wildman–Crippen MR) is 63.9 cm³/mol. The van der Waals surface area contributed by atoms with Crippen LogP contribution in [-0.2, 0) is 4.79 Å². The molecule has 3 nitrogen and oxygen atoms in total.